The van der Waals surface area contributed by atoms with E-state index in [-0.39, 0.29) is 47.7 Å². The van der Waals surface area contributed by atoms with E-state index in [9.17, 15) is 15.5 Å². The zero-order valence-electron chi connectivity index (χ0n) is 19.1. The van der Waals surface area contributed by atoms with Gasteiger partial charge in [0, 0.05) is 36.7 Å². The molecule has 31 heavy (non-hydrogen) atoms. The molecule has 0 aromatic carbocycles. The first-order valence-corrected chi connectivity index (χ1v) is 11.4. The Morgan fingerprint density at radius 1 is 1.35 bits per heavy atom. The Labute approximate surface area is 185 Å². The van der Waals surface area contributed by atoms with Crippen LogP contribution in [0, 0.1) is 46.8 Å². The van der Waals surface area contributed by atoms with Crippen LogP contribution in [0.15, 0.2) is 36.1 Å². The lowest BCUT2D eigenvalue weighted by Gasteiger charge is -2.49. The molecule has 2 aliphatic carbocycles. The monoisotopic (exact) mass is 429 g/mol. The van der Waals surface area contributed by atoms with Crippen molar-refractivity contribution in [3.8, 4) is 6.07 Å². The van der Waals surface area contributed by atoms with Gasteiger partial charge in [-0.1, -0.05) is 38.7 Å². The first-order valence-electron chi connectivity index (χ1n) is 11.4. The largest absolute Gasteiger partial charge is 0.489 e. The number of ether oxygens (including phenoxy) is 3. The van der Waals surface area contributed by atoms with Crippen LogP contribution < -0.4 is 0 Å². The molecule has 0 radical (unpaired) electrons. The number of hydrogen-bond acceptors (Lipinski definition) is 6. The predicted octanol–water partition coefficient (Wildman–Crippen LogP) is 2.97. The quantitative estimate of drug-likeness (QED) is 0.656. The molecular weight excluding hydrogens is 394 g/mol. The highest BCUT2D eigenvalue weighted by atomic mass is 16.5. The zero-order chi connectivity index (χ0) is 22.7. The van der Waals surface area contributed by atoms with Gasteiger partial charge in [-0.3, -0.25) is 0 Å². The van der Waals surface area contributed by atoms with Gasteiger partial charge in [0.15, 0.2) is 0 Å². The van der Waals surface area contributed by atoms with Crippen molar-refractivity contribution in [2.24, 2.45) is 35.5 Å². The van der Waals surface area contributed by atoms with Crippen molar-refractivity contribution < 1.29 is 24.4 Å². The van der Waals surface area contributed by atoms with Crippen LogP contribution in [0.3, 0.4) is 0 Å². The molecule has 0 amide bonds. The third kappa shape index (κ3) is 3.21. The second kappa shape index (κ2) is 8.04. The van der Waals surface area contributed by atoms with E-state index >= 15 is 0 Å². The molecule has 0 aromatic rings. The molecule has 2 heterocycles. The normalized spacial score (nSPS) is 51.7. The minimum atomic E-state index is -0.727. The second-order valence-electron chi connectivity index (χ2n) is 9.93. The van der Waals surface area contributed by atoms with E-state index in [1.165, 1.54) is 0 Å². The Kier molecular flexibility index (Phi) is 5.85. The highest BCUT2D eigenvalue weighted by Crippen LogP contribution is 2.62. The van der Waals surface area contributed by atoms with Gasteiger partial charge < -0.3 is 24.4 Å². The molecule has 4 rings (SSSR count). The molecule has 0 aromatic heterocycles. The molecule has 4 bridgehead atoms. The maximum absolute atomic E-state index is 11.4. The van der Waals surface area contributed by atoms with Crippen molar-refractivity contribution >= 4 is 0 Å². The summed E-state index contributed by atoms with van der Waals surface area (Å²) in [4.78, 5) is 0. The summed E-state index contributed by atoms with van der Waals surface area (Å²) in [5, 5.41) is 31.6. The first kappa shape index (κ1) is 22.5. The molecule has 12 atom stereocenters. The third-order valence-corrected chi connectivity index (χ3v) is 8.23. The summed E-state index contributed by atoms with van der Waals surface area (Å²) in [7, 11) is 1.63. The average molecular weight is 430 g/mol. The summed E-state index contributed by atoms with van der Waals surface area (Å²) in [6.07, 6.45) is 4.56. The maximum Gasteiger partial charge on any atom is 0.130 e. The molecule has 1 unspecified atom stereocenters. The van der Waals surface area contributed by atoms with Crippen LogP contribution in [0.2, 0.25) is 0 Å². The molecular formula is C25H35NO5. The van der Waals surface area contributed by atoms with Crippen LogP contribution in [0.25, 0.3) is 0 Å². The van der Waals surface area contributed by atoms with E-state index in [0.29, 0.717) is 12.2 Å². The van der Waals surface area contributed by atoms with Crippen molar-refractivity contribution in [2.45, 2.75) is 70.2 Å². The number of methoxy groups -OCH3 is 1. The minimum Gasteiger partial charge on any atom is -0.489 e. The van der Waals surface area contributed by atoms with E-state index in [0.717, 1.165) is 5.57 Å². The van der Waals surface area contributed by atoms with Gasteiger partial charge in [0.1, 0.15) is 23.6 Å². The number of aliphatic hydroxyl groups is 2. The SMILES string of the molecule is C=C1O[C@H]([C@@H](C)O)[C@H](C)/C=C(\C)[C@]23O[C@@H]4[C@H](C=C[C@@H]2C[C@@H]1OC)[C@H]3[C@H](O)C(C)[C@H]4C#N. The smallest absolute Gasteiger partial charge is 0.130 e. The zero-order valence-corrected chi connectivity index (χ0v) is 19.1. The fourth-order valence-electron chi connectivity index (χ4n) is 6.67. The molecule has 1 saturated carbocycles. The van der Waals surface area contributed by atoms with Crippen LogP contribution in [0.4, 0.5) is 0 Å². The van der Waals surface area contributed by atoms with E-state index < -0.39 is 23.9 Å². The maximum atomic E-state index is 11.4. The van der Waals surface area contributed by atoms with Gasteiger partial charge in [0.2, 0.25) is 0 Å². The topological polar surface area (TPSA) is 91.9 Å². The molecule has 1 saturated heterocycles. The molecule has 2 N–H and O–H groups in total. The van der Waals surface area contributed by atoms with Gasteiger partial charge in [-0.25, -0.2) is 0 Å². The minimum absolute atomic E-state index is 0.00158. The number of rotatable bonds is 2. The Hall–Kier alpha value is -1.65. The average Bonchev–Trinajstić information content (AvgIpc) is 2.91. The summed E-state index contributed by atoms with van der Waals surface area (Å²) in [5.74, 6) is -0.337. The Morgan fingerprint density at radius 2 is 2.06 bits per heavy atom. The lowest BCUT2D eigenvalue weighted by Crippen LogP contribution is -2.55. The van der Waals surface area contributed by atoms with Gasteiger partial charge in [-0.15, -0.1) is 0 Å². The standard InChI is InChI=1S/C25H35NO5/c1-12-9-13(2)25-17(10-20(29-6)16(5)30-23(12)15(4)27)7-8-18-21(25)22(28)14(3)19(11-26)24(18)31-25/h7-9,12,14-15,17-24,27-28H,5,10H2,1-4,6H3/b13-9+/t12-,14?,15-,17-,18-,19-,20+,21+,22-,23+,24-,25+/m1/s1. The van der Waals surface area contributed by atoms with E-state index in [1.807, 2.05) is 13.8 Å². The molecule has 4 aliphatic rings. The number of aliphatic hydroxyl groups excluding tert-OH is 2. The third-order valence-electron chi connectivity index (χ3n) is 8.23. The van der Waals surface area contributed by atoms with Crippen molar-refractivity contribution in [1.29, 1.82) is 5.26 Å². The van der Waals surface area contributed by atoms with Crippen molar-refractivity contribution in [1.82, 2.24) is 0 Å². The Morgan fingerprint density at radius 3 is 2.68 bits per heavy atom. The van der Waals surface area contributed by atoms with E-state index in [4.69, 9.17) is 14.2 Å². The predicted molar refractivity (Wildman–Crippen MR) is 116 cm³/mol. The van der Waals surface area contributed by atoms with Crippen molar-refractivity contribution in [3.05, 3.63) is 36.1 Å². The second-order valence-corrected chi connectivity index (χ2v) is 9.93. The number of nitriles is 1. The summed E-state index contributed by atoms with van der Waals surface area (Å²) in [6, 6.07) is 2.41. The number of nitrogens with zero attached hydrogens (tertiary/aromatic N) is 1. The first-order chi connectivity index (χ1) is 14.7. The van der Waals surface area contributed by atoms with Gasteiger partial charge in [-0.05, 0) is 25.8 Å². The van der Waals surface area contributed by atoms with Crippen molar-refractivity contribution in [2.75, 3.05) is 7.11 Å². The molecule has 6 nitrogen and oxygen atoms in total. The van der Waals surface area contributed by atoms with Crippen LogP contribution in [0.1, 0.15) is 34.1 Å². The van der Waals surface area contributed by atoms with Gasteiger partial charge >= 0.3 is 0 Å². The van der Waals surface area contributed by atoms with E-state index in [1.54, 1.807) is 14.0 Å². The summed E-state index contributed by atoms with van der Waals surface area (Å²) < 4.78 is 18.7. The van der Waals surface area contributed by atoms with Gasteiger partial charge in [0.25, 0.3) is 0 Å². The van der Waals surface area contributed by atoms with Crippen LogP contribution in [-0.4, -0.2) is 53.4 Å². The molecule has 170 valence electrons. The summed E-state index contributed by atoms with van der Waals surface area (Å²) >= 11 is 0. The molecule has 2 aliphatic heterocycles. The van der Waals surface area contributed by atoms with Crippen molar-refractivity contribution in [3.63, 3.8) is 0 Å². The molecule has 6 heteroatoms. The van der Waals surface area contributed by atoms with Gasteiger partial charge in [0.05, 0.1) is 30.3 Å². The van der Waals surface area contributed by atoms with Crippen LogP contribution in [-0.2, 0) is 14.2 Å². The van der Waals surface area contributed by atoms with Crippen LogP contribution >= 0.6 is 0 Å². The number of hydrogen-bond donors (Lipinski definition) is 2. The highest BCUT2D eigenvalue weighted by Gasteiger charge is 2.68. The Bertz CT molecular complexity index is 828. The van der Waals surface area contributed by atoms with Crippen LogP contribution in [0.5, 0.6) is 0 Å². The summed E-state index contributed by atoms with van der Waals surface area (Å²) in [5.41, 5.74) is 0.295. The lowest BCUT2D eigenvalue weighted by atomic mass is 9.56. The summed E-state index contributed by atoms with van der Waals surface area (Å²) in [6.45, 7) is 11.8. The fraction of sp³-hybridized carbons (Fsp3) is 0.720. The lowest BCUT2D eigenvalue weighted by molar-refractivity contribution is -0.0900. The Balaban J connectivity index is 1.88. The molecule has 2 fully saturated rings. The van der Waals surface area contributed by atoms with Gasteiger partial charge in [-0.2, -0.15) is 5.26 Å². The molecule has 1 spiro atoms. The fourth-order valence-corrected chi connectivity index (χ4v) is 6.67. The van der Waals surface area contributed by atoms with E-state index in [2.05, 4.69) is 37.8 Å². The highest BCUT2D eigenvalue weighted by molar-refractivity contribution is 5.36.